The molecule has 1 aromatic carbocycles. The lowest BCUT2D eigenvalue weighted by atomic mass is 10.2. The van der Waals surface area contributed by atoms with Gasteiger partial charge in [-0.3, -0.25) is 0 Å². The number of ether oxygens (including phenoxy) is 2. The zero-order valence-corrected chi connectivity index (χ0v) is 16.3. The molecule has 3 heterocycles. The van der Waals surface area contributed by atoms with E-state index in [9.17, 15) is 0 Å². The Morgan fingerprint density at radius 1 is 1.26 bits per heavy atom. The molecule has 1 atom stereocenters. The van der Waals surface area contributed by atoms with Crippen LogP contribution in [0.1, 0.15) is 19.4 Å². The number of hydrogen-bond acceptors (Lipinski definition) is 6. The van der Waals surface area contributed by atoms with E-state index in [1.54, 1.807) is 0 Å². The normalized spacial score (nSPS) is 22.6. The van der Waals surface area contributed by atoms with Crippen molar-refractivity contribution in [3.05, 3.63) is 47.8 Å². The molecule has 0 saturated carbocycles. The summed E-state index contributed by atoms with van der Waals surface area (Å²) in [5.74, 6) is 1.99. The van der Waals surface area contributed by atoms with E-state index < -0.39 is 0 Å². The molecule has 0 aliphatic carbocycles. The van der Waals surface area contributed by atoms with Crippen LogP contribution in [-0.4, -0.2) is 72.8 Å². The fourth-order valence-electron chi connectivity index (χ4n) is 3.45. The minimum absolute atomic E-state index is 0.0155. The smallest absolute Gasteiger partial charge is 0.152 e. The number of hydrogen-bond donors (Lipinski definition) is 0. The van der Waals surface area contributed by atoms with E-state index in [0.29, 0.717) is 13.2 Å². The van der Waals surface area contributed by atoms with Gasteiger partial charge in [-0.15, -0.1) is 0 Å². The van der Waals surface area contributed by atoms with Crippen LogP contribution in [0.25, 0.3) is 6.08 Å². The molecule has 27 heavy (non-hydrogen) atoms. The van der Waals surface area contributed by atoms with Gasteiger partial charge in [0.05, 0.1) is 25.6 Å². The molecule has 0 N–H and O–H groups in total. The minimum atomic E-state index is 0.0155. The van der Waals surface area contributed by atoms with Crippen molar-refractivity contribution in [3.63, 3.8) is 0 Å². The molecule has 4 rings (SSSR count). The Kier molecular flexibility index (Phi) is 5.07. The van der Waals surface area contributed by atoms with E-state index in [-0.39, 0.29) is 12.3 Å². The van der Waals surface area contributed by atoms with Crippen LogP contribution in [0.4, 0.5) is 0 Å². The maximum absolute atomic E-state index is 5.90. The third-order valence-corrected chi connectivity index (χ3v) is 5.23. The molecular formula is C21H28N4O2. The van der Waals surface area contributed by atoms with Gasteiger partial charge in [0.15, 0.2) is 5.84 Å². The fourth-order valence-corrected chi connectivity index (χ4v) is 3.45. The van der Waals surface area contributed by atoms with Crippen molar-refractivity contribution in [1.82, 2.24) is 14.7 Å². The maximum Gasteiger partial charge on any atom is 0.152 e. The van der Waals surface area contributed by atoms with Crippen LogP contribution >= 0.6 is 0 Å². The average Bonchev–Trinajstić information content (AvgIpc) is 2.98. The highest BCUT2D eigenvalue weighted by molar-refractivity contribution is 6.00. The molecule has 0 amide bonds. The molecule has 6 heteroatoms. The average molecular weight is 368 g/mol. The highest BCUT2D eigenvalue weighted by atomic mass is 16.6. The van der Waals surface area contributed by atoms with Gasteiger partial charge in [0.1, 0.15) is 18.0 Å². The lowest BCUT2D eigenvalue weighted by Crippen LogP contribution is -2.45. The van der Waals surface area contributed by atoms with Crippen LogP contribution in [0, 0.1) is 0 Å². The zero-order chi connectivity index (χ0) is 18.8. The first kappa shape index (κ1) is 17.9. The number of benzene rings is 1. The molecule has 0 aromatic heterocycles. The molecule has 6 nitrogen and oxygen atoms in total. The van der Waals surface area contributed by atoms with Gasteiger partial charge in [0.25, 0.3) is 0 Å². The van der Waals surface area contributed by atoms with Gasteiger partial charge >= 0.3 is 0 Å². The van der Waals surface area contributed by atoms with Crippen LogP contribution < -0.4 is 4.74 Å². The van der Waals surface area contributed by atoms with Gasteiger partial charge in [-0.05, 0) is 37.6 Å². The van der Waals surface area contributed by atoms with Gasteiger partial charge in [-0.2, -0.15) is 0 Å². The van der Waals surface area contributed by atoms with Crippen LogP contribution in [0.5, 0.6) is 5.75 Å². The topological polar surface area (TPSA) is 40.5 Å². The molecular weight excluding hydrogens is 340 g/mol. The summed E-state index contributed by atoms with van der Waals surface area (Å²) in [4.78, 5) is 11.9. The molecule has 0 radical (unpaired) electrons. The summed E-state index contributed by atoms with van der Waals surface area (Å²) < 4.78 is 11.1. The van der Waals surface area contributed by atoms with E-state index in [1.807, 2.05) is 12.1 Å². The largest absolute Gasteiger partial charge is 0.486 e. The lowest BCUT2D eigenvalue weighted by molar-refractivity contribution is -0.0796. The van der Waals surface area contributed by atoms with E-state index >= 15 is 0 Å². The summed E-state index contributed by atoms with van der Waals surface area (Å²) in [5, 5.41) is 0. The Hall–Kier alpha value is -2.47. The Morgan fingerprint density at radius 3 is 2.81 bits per heavy atom. The highest BCUT2D eigenvalue weighted by Crippen LogP contribution is 2.27. The molecule has 0 bridgehead atoms. The van der Waals surface area contributed by atoms with Crippen molar-refractivity contribution in [2.45, 2.75) is 26.1 Å². The number of fused-ring (bicyclic) bond motifs is 1. The molecule has 0 spiro atoms. The summed E-state index contributed by atoms with van der Waals surface area (Å²) in [6.45, 7) is 8.60. The summed E-state index contributed by atoms with van der Waals surface area (Å²) in [6.07, 6.45) is 6.71. The van der Waals surface area contributed by atoms with Gasteiger partial charge in [-0.25, -0.2) is 4.99 Å². The molecule has 1 fully saturated rings. The Balaban J connectivity index is 1.49. The molecule has 144 valence electrons. The van der Waals surface area contributed by atoms with Crippen LogP contribution in [0.2, 0.25) is 0 Å². The van der Waals surface area contributed by atoms with Crippen molar-refractivity contribution in [1.29, 1.82) is 0 Å². The number of nitrogens with zero attached hydrogens (tertiary/aromatic N) is 4. The Bertz CT molecular complexity index is 769. The second-order valence-electron chi connectivity index (χ2n) is 7.10. The third kappa shape index (κ3) is 3.67. The molecule has 3 aliphatic rings. The van der Waals surface area contributed by atoms with Crippen LogP contribution in [0.3, 0.4) is 0 Å². The van der Waals surface area contributed by atoms with Gasteiger partial charge in [0.2, 0.25) is 0 Å². The van der Waals surface area contributed by atoms with Gasteiger partial charge < -0.3 is 24.2 Å². The minimum Gasteiger partial charge on any atom is -0.486 e. The molecule has 1 unspecified atom stereocenters. The van der Waals surface area contributed by atoms with Crippen molar-refractivity contribution in [2.24, 2.45) is 4.99 Å². The van der Waals surface area contributed by atoms with E-state index in [0.717, 1.165) is 36.9 Å². The fraction of sp³-hybridized carbons (Fsp3) is 0.476. The lowest BCUT2D eigenvalue weighted by Gasteiger charge is -2.36. The van der Waals surface area contributed by atoms with Crippen molar-refractivity contribution < 1.29 is 9.47 Å². The third-order valence-electron chi connectivity index (χ3n) is 5.23. The first-order chi connectivity index (χ1) is 13.2. The number of aliphatic imine (C=N–C) groups is 1. The number of rotatable bonds is 6. The van der Waals surface area contributed by atoms with Gasteiger partial charge in [0, 0.05) is 26.3 Å². The second-order valence-corrected chi connectivity index (χ2v) is 7.10. The van der Waals surface area contributed by atoms with Gasteiger partial charge in [-0.1, -0.05) is 18.2 Å². The Morgan fingerprint density at radius 2 is 2.11 bits per heavy atom. The summed E-state index contributed by atoms with van der Waals surface area (Å²) in [7, 11) is 2.11. The standard InChI is InChI=1S/C21H28N4O2/c1-4-24-12-19-21(25(5-2)15-24)22-20(23(19)3)10-9-16-7-6-8-17(11-16)27-18-13-26-14-18/h6-12,18,20H,4-5,13-15H2,1-3H3/b10-9+. The molecule has 3 aliphatic heterocycles. The Labute approximate surface area is 161 Å². The van der Waals surface area contributed by atoms with Crippen molar-refractivity contribution >= 4 is 11.9 Å². The predicted molar refractivity (Wildman–Crippen MR) is 107 cm³/mol. The van der Waals surface area contributed by atoms with Crippen LogP contribution in [-0.2, 0) is 4.74 Å². The van der Waals surface area contributed by atoms with E-state index in [4.69, 9.17) is 14.5 Å². The quantitative estimate of drug-likeness (QED) is 0.772. The monoisotopic (exact) mass is 368 g/mol. The maximum atomic E-state index is 5.90. The predicted octanol–water partition coefficient (Wildman–Crippen LogP) is 2.60. The summed E-state index contributed by atoms with van der Waals surface area (Å²) >= 11 is 0. The molecule has 1 saturated heterocycles. The highest BCUT2D eigenvalue weighted by Gasteiger charge is 2.33. The second kappa shape index (κ2) is 7.64. The first-order valence-corrected chi connectivity index (χ1v) is 9.72. The number of likely N-dealkylation sites (N-methyl/N-ethyl adjacent to an activating group) is 2. The SMILES string of the molecule is CCN1C=C2C(=NC(/C=C/c3cccc(OC4COC4)c3)N2C)N(CC)C1. The van der Waals surface area contributed by atoms with E-state index in [1.165, 1.54) is 5.70 Å². The van der Waals surface area contributed by atoms with Crippen molar-refractivity contribution in [2.75, 3.05) is 40.0 Å². The summed E-state index contributed by atoms with van der Waals surface area (Å²) in [5.41, 5.74) is 2.31. The first-order valence-electron chi connectivity index (χ1n) is 9.72. The van der Waals surface area contributed by atoms with Crippen molar-refractivity contribution in [3.8, 4) is 5.75 Å². The number of amidine groups is 1. The molecule has 1 aromatic rings. The zero-order valence-electron chi connectivity index (χ0n) is 16.3. The van der Waals surface area contributed by atoms with Crippen LogP contribution in [0.15, 0.2) is 47.2 Å². The summed E-state index contributed by atoms with van der Waals surface area (Å²) in [6, 6.07) is 8.18. The van der Waals surface area contributed by atoms with E-state index in [2.05, 4.69) is 66.1 Å².